The zero-order valence-electron chi connectivity index (χ0n) is 23.3. The van der Waals surface area contributed by atoms with Crippen molar-refractivity contribution in [3.05, 3.63) is 11.3 Å². The number of hydrogen-bond donors (Lipinski definition) is 2. The molecule has 4 heteroatoms. The van der Waals surface area contributed by atoms with Crippen LogP contribution in [-0.2, 0) is 4.79 Å². The highest BCUT2D eigenvalue weighted by Crippen LogP contribution is 2.70. The third-order valence-electron chi connectivity index (χ3n) is 12.5. The summed E-state index contributed by atoms with van der Waals surface area (Å²) in [5.41, 5.74) is 0.550. The van der Waals surface area contributed by atoms with Gasteiger partial charge in [-0.05, 0) is 96.2 Å². The van der Waals surface area contributed by atoms with E-state index in [1.54, 1.807) is 0 Å². The predicted molar refractivity (Wildman–Crippen MR) is 139 cm³/mol. The fraction of sp³-hybridized carbons (Fsp3) is 0.871. The number of nitriles is 1. The zero-order valence-corrected chi connectivity index (χ0v) is 23.3. The van der Waals surface area contributed by atoms with Gasteiger partial charge in [-0.3, -0.25) is 4.79 Å². The van der Waals surface area contributed by atoms with Crippen LogP contribution in [0, 0.1) is 62.1 Å². The molecular formula is C31H49NO3. The molecule has 1 unspecified atom stereocenters. The summed E-state index contributed by atoms with van der Waals surface area (Å²) in [7, 11) is 0. The third kappa shape index (κ3) is 4.00. The van der Waals surface area contributed by atoms with Gasteiger partial charge < -0.3 is 10.2 Å². The second-order valence-corrected chi connectivity index (χ2v) is 14.8. The molecule has 0 bridgehead atoms. The van der Waals surface area contributed by atoms with Crippen LogP contribution in [0.25, 0.3) is 0 Å². The van der Waals surface area contributed by atoms with Crippen molar-refractivity contribution in [1.29, 1.82) is 5.26 Å². The van der Waals surface area contributed by atoms with Gasteiger partial charge in [-0.15, -0.1) is 0 Å². The zero-order chi connectivity index (χ0) is 26.0. The van der Waals surface area contributed by atoms with Gasteiger partial charge in [0.05, 0.1) is 11.6 Å². The second kappa shape index (κ2) is 8.61. The van der Waals surface area contributed by atoms with E-state index in [4.69, 9.17) is 0 Å². The van der Waals surface area contributed by atoms with Crippen LogP contribution >= 0.6 is 0 Å². The van der Waals surface area contributed by atoms with E-state index in [2.05, 4.69) is 54.5 Å². The highest BCUT2D eigenvalue weighted by Gasteiger charge is 2.64. The molecule has 0 saturated heterocycles. The van der Waals surface area contributed by atoms with Crippen molar-refractivity contribution in [3.63, 3.8) is 0 Å². The van der Waals surface area contributed by atoms with E-state index in [1.165, 1.54) is 0 Å². The maximum atomic E-state index is 13.4. The summed E-state index contributed by atoms with van der Waals surface area (Å²) in [6, 6.07) is 2.29. The molecule has 0 aromatic rings. The van der Waals surface area contributed by atoms with Crippen molar-refractivity contribution < 1.29 is 15.0 Å². The average Bonchev–Trinajstić information content (AvgIpc) is 2.77. The Labute approximate surface area is 213 Å². The van der Waals surface area contributed by atoms with Crippen molar-refractivity contribution in [2.75, 3.05) is 6.61 Å². The van der Waals surface area contributed by atoms with Gasteiger partial charge >= 0.3 is 0 Å². The number of Topliss-reactive ketones (excluding diaryl/α,β-unsaturated/α-hetero) is 1. The summed E-state index contributed by atoms with van der Waals surface area (Å²) in [5, 5.41) is 31.1. The van der Waals surface area contributed by atoms with Gasteiger partial charge in [-0.2, -0.15) is 5.26 Å². The maximum absolute atomic E-state index is 13.4. The summed E-state index contributed by atoms with van der Waals surface area (Å²) in [6.45, 7) is 16.4. The molecule has 8 atom stereocenters. The Balaban J connectivity index is 1.65. The number of rotatable bonds is 4. The number of aliphatic hydroxyl groups excluding tert-OH is 2. The summed E-state index contributed by atoms with van der Waals surface area (Å²) in [5.74, 6) is 1.60. The fourth-order valence-electron chi connectivity index (χ4n) is 9.74. The SMILES string of the molecule is CC1CC(C)(C)CC[C@]1(CO)CC[C@]1(C)CC(=O)C[C@@H]2[C@@]3(C)CC(C#N)=C(O)[C@@H](C)[C@@H]3CC[C@]21C. The summed E-state index contributed by atoms with van der Waals surface area (Å²) < 4.78 is 0. The summed E-state index contributed by atoms with van der Waals surface area (Å²) >= 11 is 0. The van der Waals surface area contributed by atoms with Crippen molar-refractivity contribution in [3.8, 4) is 6.07 Å². The Morgan fingerprint density at radius 1 is 1.03 bits per heavy atom. The molecule has 0 heterocycles. The fourth-order valence-corrected chi connectivity index (χ4v) is 9.74. The van der Waals surface area contributed by atoms with Gasteiger partial charge in [0.15, 0.2) is 0 Å². The van der Waals surface area contributed by atoms with Crippen molar-refractivity contribution in [2.45, 2.75) is 113 Å². The van der Waals surface area contributed by atoms with Crippen LogP contribution in [-0.4, -0.2) is 22.6 Å². The maximum Gasteiger partial charge on any atom is 0.133 e. The van der Waals surface area contributed by atoms with Crippen LogP contribution < -0.4 is 0 Å². The number of hydrogen-bond acceptors (Lipinski definition) is 4. The highest BCUT2D eigenvalue weighted by molar-refractivity contribution is 5.81. The minimum Gasteiger partial charge on any atom is -0.511 e. The molecule has 0 aromatic carbocycles. The van der Waals surface area contributed by atoms with E-state index in [9.17, 15) is 20.3 Å². The number of carbonyl (C=O) groups is 1. The molecule has 0 amide bonds. The summed E-state index contributed by atoms with van der Waals surface area (Å²) in [6.07, 6.45) is 9.22. The number of carbonyl (C=O) groups excluding carboxylic acids is 1. The third-order valence-corrected chi connectivity index (χ3v) is 12.5. The molecule has 3 fully saturated rings. The lowest BCUT2D eigenvalue weighted by Crippen LogP contribution is -2.61. The number of fused-ring (bicyclic) bond motifs is 3. The van der Waals surface area contributed by atoms with Crippen LogP contribution in [0.4, 0.5) is 0 Å². The molecule has 0 aliphatic heterocycles. The van der Waals surface area contributed by atoms with E-state index < -0.39 is 0 Å². The van der Waals surface area contributed by atoms with E-state index in [-0.39, 0.29) is 45.9 Å². The summed E-state index contributed by atoms with van der Waals surface area (Å²) in [4.78, 5) is 13.4. The smallest absolute Gasteiger partial charge is 0.133 e. The number of aliphatic hydroxyl groups is 2. The molecular weight excluding hydrogens is 434 g/mol. The Bertz CT molecular complexity index is 945. The molecule has 4 aliphatic rings. The molecule has 4 rings (SSSR count). The Hall–Kier alpha value is -1.34. The molecule has 4 nitrogen and oxygen atoms in total. The average molecular weight is 484 g/mol. The van der Waals surface area contributed by atoms with Gasteiger partial charge in [0.2, 0.25) is 0 Å². The van der Waals surface area contributed by atoms with Crippen molar-refractivity contribution in [2.24, 2.45) is 50.7 Å². The van der Waals surface area contributed by atoms with Gasteiger partial charge in [-0.1, -0.05) is 48.5 Å². The van der Waals surface area contributed by atoms with E-state index in [0.717, 1.165) is 44.9 Å². The Kier molecular flexibility index (Phi) is 6.57. The standard InChI is InChI=1S/C31H49NO3/c1-20-15-27(3,4)10-12-31(20,19-33)13-11-28(5)17-23(34)14-25-29(6)16-22(18-32)26(35)21(2)24(29)8-9-30(25,28)7/h20-21,24-25,33,35H,8-17,19H2,1-7H3/t20?,21-,24-,25+,28+,29-,30+,31+/m0/s1. The minimum atomic E-state index is -0.155. The lowest BCUT2D eigenvalue weighted by atomic mass is 9.38. The van der Waals surface area contributed by atoms with Gasteiger partial charge in [0, 0.05) is 25.4 Å². The van der Waals surface area contributed by atoms with E-state index >= 15 is 0 Å². The van der Waals surface area contributed by atoms with Crippen molar-refractivity contribution >= 4 is 5.78 Å². The van der Waals surface area contributed by atoms with Crippen LogP contribution in [0.1, 0.15) is 113 Å². The van der Waals surface area contributed by atoms with Crippen LogP contribution in [0.2, 0.25) is 0 Å². The first-order chi connectivity index (χ1) is 16.2. The molecule has 0 spiro atoms. The van der Waals surface area contributed by atoms with Crippen molar-refractivity contribution in [1.82, 2.24) is 0 Å². The first kappa shape index (κ1) is 26.7. The number of ketones is 1. The topological polar surface area (TPSA) is 81.3 Å². The molecule has 0 radical (unpaired) electrons. The quantitative estimate of drug-likeness (QED) is 0.437. The normalized spacial score (nSPS) is 47.6. The lowest BCUT2D eigenvalue weighted by Gasteiger charge is -2.66. The molecule has 196 valence electrons. The molecule has 3 saturated carbocycles. The molecule has 2 N–H and O–H groups in total. The molecule has 0 aromatic heterocycles. The predicted octanol–water partition coefficient (Wildman–Crippen LogP) is 7.37. The molecule has 35 heavy (non-hydrogen) atoms. The van der Waals surface area contributed by atoms with E-state index in [1.807, 2.05) is 0 Å². The van der Waals surface area contributed by atoms with Gasteiger partial charge in [0.1, 0.15) is 11.5 Å². The Morgan fingerprint density at radius 2 is 1.71 bits per heavy atom. The van der Waals surface area contributed by atoms with Crippen LogP contribution in [0.3, 0.4) is 0 Å². The second-order valence-electron chi connectivity index (χ2n) is 14.8. The minimum absolute atomic E-state index is 0.00717. The largest absolute Gasteiger partial charge is 0.511 e. The Morgan fingerprint density at radius 3 is 2.31 bits per heavy atom. The first-order valence-electron chi connectivity index (χ1n) is 14.1. The number of nitrogens with zero attached hydrogens (tertiary/aromatic N) is 1. The number of allylic oxidation sites excluding steroid dienone is 2. The lowest BCUT2D eigenvalue weighted by molar-refractivity contribution is -0.178. The first-order valence-corrected chi connectivity index (χ1v) is 14.1. The van der Waals surface area contributed by atoms with Crippen LogP contribution in [0.15, 0.2) is 11.3 Å². The van der Waals surface area contributed by atoms with Gasteiger partial charge in [0.25, 0.3) is 0 Å². The molecule has 4 aliphatic carbocycles. The van der Waals surface area contributed by atoms with E-state index in [0.29, 0.717) is 47.9 Å². The van der Waals surface area contributed by atoms with Gasteiger partial charge in [-0.25, -0.2) is 0 Å². The monoisotopic (exact) mass is 483 g/mol. The van der Waals surface area contributed by atoms with Crippen LogP contribution in [0.5, 0.6) is 0 Å². The highest BCUT2D eigenvalue weighted by atomic mass is 16.3.